The molecular formula is C15H17ClFNOS. The van der Waals surface area contributed by atoms with Crippen LogP contribution in [-0.2, 0) is 13.2 Å². The molecule has 0 aliphatic rings. The van der Waals surface area contributed by atoms with E-state index in [2.05, 4.69) is 12.2 Å². The summed E-state index contributed by atoms with van der Waals surface area (Å²) in [4.78, 5) is 1.02. The van der Waals surface area contributed by atoms with Crippen molar-refractivity contribution in [2.75, 3.05) is 6.54 Å². The van der Waals surface area contributed by atoms with E-state index in [-0.39, 0.29) is 5.82 Å². The van der Waals surface area contributed by atoms with Gasteiger partial charge in [0.2, 0.25) is 0 Å². The second-order valence-electron chi connectivity index (χ2n) is 4.47. The first kappa shape index (κ1) is 15.3. The lowest BCUT2D eigenvalue weighted by Crippen LogP contribution is -2.14. The molecule has 0 fully saturated rings. The fourth-order valence-electron chi connectivity index (χ4n) is 1.80. The highest BCUT2D eigenvalue weighted by Gasteiger charge is 2.04. The van der Waals surface area contributed by atoms with E-state index in [4.69, 9.17) is 16.3 Å². The van der Waals surface area contributed by atoms with Crippen LogP contribution in [0.4, 0.5) is 4.39 Å². The largest absolute Gasteiger partial charge is 0.488 e. The first-order valence-corrected chi connectivity index (χ1v) is 7.74. The zero-order chi connectivity index (χ0) is 14.4. The van der Waals surface area contributed by atoms with Crippen LogP contribution in [0.15, 0.2) is 30.3 Å². The van der Waals surface area contributed by atoms with Crippen LogP contribution in [0, 0.1) is 5.82 Å². The number of halogens is 2. The van der Waals surface area contributed by atoms with Crippen LogP contribution in [0.25, 0.3) is 0 Å². The lowest BCUT2D eigenvalue weighted by Gasteiger charge is -2.08. The van der Waals surface area contributed by atoms with Crippen molar-refractivity contribution in [1.82, 2.24) is 5.32 Å². The van der Waals surface area contributed by atoms with Crippen LogP contribution in [0.5, 0.6) is 5.75 Å². The molecule has 0 aliphatic heterocycles. The quantitative estimate of drug-likeness (QED) is 0.753. The van der Waals surface area contributed by atoms with Gasteiger partial charge < -0.3 is 10.1 Å². The van der Waals surface area contributed by atoms with Crippen LogP contribution in [0.2, 0.25) is 4.34 Å². The first-order valence-electron chi connectivity index (χ1n) is 6.54. The van der Waals surface area contributed by atoms with E-state index in [0.29, 0.717) is 18.9 Å². The molecule has 0 unspecified atom stereocenters. The number of thiophene rings is 1. The minimum absolute atomic E-state index is 0.278. The molecule has 2 nitrogen and oxygen atoms in total. The van der Waals surface area contributed by atoms with E-state index < -0.39 is 0 Å². The predicted octanol–water partition coefficient (Wildman–Crippen LogP) is 4.62. The van der Waals surface area contributed by atoms with E-state index >= 15 is 0 Å². The maximum Gasteiger partial charge on any atom is 0.127 e. The molecule has 0 bridgehead atoms. The van der Waals surface area contributed by atoms with Gasteiger partial charge in [-0.15, -0.1) is 11.3 Å². The van der Waals surface area contributed by atoms with E-state index in [0.717, 1.165) is 27.7 Å². The van der Waals surface area contributed by atoms with Gasteiger partial charge in [0.05, 0.1) is 4.34 Å². The predicted molar refractivity (Wildman–Crippen MR) is 82.1 cm³/mol. The van der Waals surface area contributed by atoms with Crippen molar-refractivity contribution >= 4 is 22.9 Å². The Balaban J connectivity index is 1.96. The van der Waals surface area contributed by atoms with Gasteiger partial charge >= 0.3 is 0 Å². The third kappa shape index (κ3) is 4.78. The van der Waals surface area contributed by atoms with E-state index in [9.17, 15) is 4.39 Å². The Morgan fingerprint density at radius 2 is 2.15 bits per heavy atom. The van der Waals surface area contributed by atoms with Crippen molar-refractivity contribution < 1.29 is 9.13 Å². The summed E-state index contributed by atoms with van der Waals surface area (Å²) in [7, 11) is 0. The fourth-order valence-corrected chi connectivity index (χ4v) is 2.80. The Kier molecular flexibility index (Phi) is 5.83. The Hall–Kier alpha value is -1.10. The molecule has 2 rings (SSSR count). The maximum atomic E-state index is 13.5. The summed E-state index contributed by atoms with van der Waals surface area (Å²) in [6, 6.07) is 8.53. The van der Waals surface area contributed by atoms with Gasteiger partial charge in [-0.1, -0.05) is 18.5 Å². The average Bonchev–Trinajstić information content (AvgIpc) is 2.82. The molecule has 1 heterocycles. The van der Waals surface area contributed by atoms with Crippen LogP contribution in [-0.4, -0.2) is 6.54 Å². The topological polar surface area (TPSA) is 21.3 Å². The first-order chi connectivity index (χ1) is 9.67. The van der Waals surface area contributed by atoms with Gasteiger partial charge in [-0.3, -0.25) is 0 Å². The van der Waals surface area contributed by atoms with E-state index in [1.165, 1.54) is 23.5 Å². The molecule has 0 amide bonds. The number of ether oxygens (including phenoxy) is 1. The number of benzene rings is 1. The minimum atomic E-state index is -0.278. The lowest BCUT2D eigenvalue weighted by molar-refractivity contribution is 0.307. The summed E-state index contributed by atoms with van der Waals surface area (Å²) in [5, 5.41) is 3.25. The normalized spacial score (nSPS) is 10.8. The summed E-state index contributed by atoms with van der Waals surface area (Å²) in [5.41, 5.74) is 0.887. The number of nitrogens with one attached hydrogen (secondary N) is 1. The molecule has 1 aromatic carbocycles. The summed E-state index contributed by atoms with van der Waals surface area (Å²) in [5.74, 6) is 0.267. The molecule has 1 aromatic heterocycles. The van der Waals surface area contributed by atoms with Gasteiger partial charge in [-0.05, 0) is 42.8 Å². The molecule has 0 radical (unpaired) electrons. The fraction of sp³-hybridized carbons (Fsp3) is 0.333. The second kappa shape index (κ2) is 7.62. The van der Waals surface area contributed by atoms with Gasteiger partial charge in [0.25, 0.3) is 0 Å². The maximum absolute atomic E-state index is 13.5. The summed E-state index contributed by atoms with van der Waals surface area (Å²) in [6.07, 6.45) is 1.05. The average molecular weight is 314 g/mol. The van der Waals surface area contributed by atoms with Gasteiger partial charge in [-0.25, -0.2) is 4.39 Å². The Morgan fingerprint density at radius 3 is 2.85 bits per heavy atom. The van der Waals surface area contributed by atoms with Crippen molar-refractivity contribution in [2.45, 2.75) is 26.5 Å². The standard InChI is InChI=1S/C15H17ClFNOS/c1-2-5-18-9-11-6-12(17)8-13(7-11)19-10-14-3-4-15(16)20-14/h3-4,6-8,18H,2,5,9-10H2,1H3. The highest BCUT2D eigenvalue weighted by molar-refractivity contribution is 7.16. The van der Waals surface area contributed by atoms with Crippen molar-refractivity contribution in [3.05, 3.63) is 50.9 Å². The third-order valence-electron chi connectivity index (χ3n) is 2.70. The van der Waals surface area contributed by atoms with E-state index in [1.807, 2.05) is 18.2 Å². The Labute approximate surface area is 127 Å². The van der Waals surface area contributed by atoms with Gasteiger partial charge in [-0.2, -0.15) is 0 Å². The Morgan fingerprint density at radius 1 is 1.30 bits per heavy atom. The molecule has 1 N–H and O–H groups in total. The second-order valence-corrected chi connectivity index (χ2v) is 6.27. The third-order valence-corrected chi connectivity index (χ3v) is 3.90. The highest BCUT2D eigenvalue weighted by atomic mass is 35.5. The van der Waals surface area contributed by atoms with Crippen LogP contribution in [0.1, 0.15) is 23.8 Å². The smallest absolute Gasteiger partial charge is 0.127 e. The Bertz CT molecular complexity index is 559. The molecule has 0 saturated carbocycles. The zero-order valence-electron chi connectivity index (χ0n) is 11.3. The lowest BCUT2D eigenvalue weighted by atomic mass is 10.2. The SMILES string of the molecule is CCCNCc1cc(F)cc(OCc2ccc(Cl)s2)c1. The molecule has 0 spiro atoms. The van der Waals surface area contributed by atoms with Crippen molar-refractivity contribution in [1.29, 1.82) is 0 Å². The molecular weight excluding hydrogens is 297 g/mol. The molecule has 2 aromatic rings. The van der Waals surface area contributed by atoms with Crippen LogP contribution in [0.3, 0.4) is 0 Å². The van der Waals surface area contributed by atoms with Gasteiger partial charge in [0.15, 0.2) is 0 Å². The van der Waals surface area contributed by atoms with Gasteiger partial charge in [0, 0.05) is 17.5 Å². The molecule has 0 aliphatic carbocycles. The molecule has 5 heteroatoms. The monoisotopic (exact) mass is 313 g/mol. The summed E-state index contributed by atoms with van der Waals surface area (Å²) >= 11 is 7.32. The molecule has 0 atom stereocenters. The number of rotatable bonds is 7. The number of hydrogen-bond acceptors (Lipinski definition) is 3. The molecule has 108 valence electrons. The molecule has 20 heavy (non-hydrogen) atoms. The van der Waals surface area contributed by atoms with Crippen molar-refractivity contribution in [3.63, 3.8) is 0 Å². The highest BCUT2D eigenvalue weighted by Crippen LogP contribution is 2.24. The summed E-state index contributed by atoms with van der Waals surface area (Å²) < 4.78 is 19.9. The zero-order valence-corrected chi connectivity index (χ0v) is 12.9. The van der Waals surface area contributed by atoms with Crippen LogP contribution < -0.4 is 10.1 Å². The van der Waals surface area contributed by atoms with Crippen molar-refractivity contribution in [2.24, 2.45) is 0 Å². The van der Waals surface area contributed by atoms with Crippen LogP contribution >= 0.6 is 22.9 Å². The number of hydrogen-bond donors (Lipinski definition) is 1. The van der Waals surface area contributed by atoms with E-state index in [1.54, 1.807) is 0 Å². The summed E-state index contributed by atoms with van der Waals surface area (Å²) in [6.45, 7) is 4.06. The van der Waals surface area contributed by atoms with Gasteiger partial charge in [0.1, 0.15) is 18.2 Å². The molecule has 0 saturated heterocycles. The van der Waals surface area contributed by atoms with Crippen molar-refractivity contribution in [3.8, 4) is 5.75 Å². The minimum Gasteiger partial charge on any atom is -0.488 e.